The van der Waals surface area contributed by atoms with Crippen molar-refractivity contribution in [3.05, 3.63) is 78.7 Å². The number of hydrogen-bond donors (Lipinski definition) is 1. The zero-order chi connectivity index (χ0) is 22.0. The summed E-state index contributed by atoms with van der Waals surface area (Å²) in [6, 6.07) is 10.7. The van der Waals surface area contributed by atoms with Crippen molar-refractivity contribution in [3.63, 3.8) is 0 Å². The normalized spacial score (nSPS) is 11.0. The topological polar surface area (TPSA) is 98.9 Å². The summed E-state index contributed by atoms with van der Waals surface area (Å²) < 4.78 is 2.28. The van der Waals surface area contributed by atoms with Gasteiger partial charge >= 0.3 is 5.69 Å². The first-order valence-electron chi connectivity index (χ1n) is 9.53. The van der Waals surface area contributed by atoms with Crippen LogP contribution in [0.5, 0.6) is 0 Å². The smallest absolute Gasteiger partial charge is 0.333 e. The van der Waals surface area contributed by atoms with Crippen LogP contribution in [0.15, 0.2) is 57.6 Å². The molecule has 0 bridgehead atoms. The van der Waals surface area contributed by atoms with Gasteiger partial charge in [0.1, 0.15) is 11.9 Å². The van der Waals surface area contributed by atoms with Gasteiger partial charge in [0.2, 0.25) is 5.91 Å². The Morgan fingerprint density at radius 3 is 2.61 bits per heavy atom. The van der Waals surface area contributed by atoms with Gasteiger partial charge in [-0.3, -0.25) is 18.7 Å². The first kappa shape index (κ1) is 21.0. The molecule has 0 aliphatic rings. The van der Waals surface area contributed by atoms with Crippen molar-refractivity contribution in [2.24, 2.45) is 0 Å². The number of hydrogen-bond acceptors (Lipinski definition) is 6. The maximum Gasteiger partial charge on any atom is 0.333 e. The van der Waals surface area contributed by atoms with Crippen molar-refractivity contribution in [1.29, 1.82) is 0 Å². The van der Waals surface area contributed by atoms with E-state index in [1.807, 2.05) is 17.5 Å². The summed E-state index contributed by atoms with van der Waals surface area (Å²) in [6.45, 7) is 2.02. The second-order valence-corrected chi connectivity index (χ2v) is 8.18. The Morgan fingerprint density at radius 2 is 1.94 bits per heavy atom. The summed E-state index contributed by atoms with van der Waals surface area (Å²) >= 11 is 7.44. The van der Waals surface area contributed by atoms with Gasteiger partial charge in [0.15, 0.2) is 11.5 Å². The molecule has 0 atom stereocenters. The average molecular weight is 456 g/mol. The highest BCUT2D eigenvalue weighted by Gasteiger charge is 2.17. The summed E-state index contributed by atoms with van der Waals surface area (Å²) in [5, 5.41) is 5.39. The van der Waals surface area contributed by atoms with Gasteiger partial charge in [-0.15, -0.1) is 11.3 Å². The van der Waals surface area contributed by atoms with E-state index >= 15 is 0 Å². The summed E-state index contributed by atoms with van der Waals surface area (Å²) in [7, 11) is 0. The number of nitrogens with one attached hydrogen (secondary N) is 1. The van der Waals surface area contributed by atoms with Crippen LogP contribution in [0.4, 0.5) is 0 Å². The number of carbonyl (C=O) groups excluding carboxylic acids is 1. The van der Waals surface area contributed by atoms with Crippen LogP contribution in [-0.2, 0) is 24.4 Å². The van der Waals surface area contributed by atoms with E-state index in [4.69, 9.17) is 11.6 Å². The molecule has 1 N–H and O–H groups in total. The highest BCUT2D eigenvalue weighted by atomic mass is 35.5. The van der Waals surface area contributed by atoms with Crippen LogP contribution in [0, 0.1) is 0 Å². The number of halogens is 1. The van der Waals surface area contributed by atoms with Gasteiger partial charge < -0.3 is 5.32 Å². The van der Waals surface area contributed by atoms with Crippen LogP contribution in [0.3, 0.4) is 0 Å². The number of benzene rings is 1. The van der Waals surface area contributed by atoms with Gasteiger partial charge in [-0.25, -0.2) is 14.8 Å². The molecule has 3 aromatic heterocycles. The Hall–Kier alpha value is -3.30. The number of thiophene rings is 1. The van der Waals surface area contributed by atoms with Crippen molar-refractivity contribution in [1.82, 2.24) is 24.4 Å². The number of amides is 1. The molecule has 0 spiro atoms. The number of fused-ring (bicyclic) bond motifs is 1. The largest absolute Gasteiger partial charge is 0.350 e. The lowest BCUT2D eigenvalue weighted by Crippen LogP contribution is -2.44. The summed E-state index contributed by atoms with van der Waals surface area (Å²) in [4.78, 5) is 48.0. The predicted molar refractivity (Wildman–Crippen MR) is 120 cm³/mol. The number of nitrogens with zero attached hydrogens (tertiary/aromatic N) is 4. The lowest BCUT2D eigenvalue weighted by Gasteiger charge is -2.12. The molecule has 3 heterocycles. The third-order valence-electron chi connectivity index (χ3n) is 4.72. The fourth-order valence-electron chi connectivity index (χ4n) is 3.16. The van der Waals surface area contributed by atoms with E-state index in [0.717, 1.165) is 9.44 Å². The van der Waals surface area contributed by atoms with Gasteiger partial charge in [-0.2, -0.15) is 0 Å². The number of aryl methyl sites for hydroxylation is 1. The van der Waals surface area contributed by atoms with E-state index in [1.54, 1.807) is 31.2 Å². The van der Waals surface area contributed by atoms with Crippen LogP contribution in [0.25, 0.3) is 22.4 Å². The van der Waals surface area contributed by atoms with Crippen LogP contribution in [0.1, 0.15) is 11.8 Å². The number of carbonyl (C=O) groups is 1. The Labute approximate surface area is 185 Å². The zero-order valence-electron chi connectivity index (χ0n) is 16.5. The van der Waals surface area contributed by atoms with Crippen LogP contribution in [0.2, 0.25) is 5.02 Å². The number of aromatic nitrogens is 4. The van der Waals surface area contributed by atoms with Gasteiger partial charge in [0.05, 0.1) is 6.54 Å². The minimum Gasteiger partial charge on any atom is -0.350 e. The molecule has 158 valence electrons. The molecule has 1 aromatic carbocycles. The molecule has 8 nitrogen and oxygen atoms in total. The summed E-state index contributed by atoms with van der Waals surface area (Å²) in [5.41, 5.74) is -0.253. The van der Waals surface area contributed by atoms with Gasteiger partial charge in [0.25, 0.3) is 5.56 Å². The lowest BCUT2D eigenvalue weighted by atomic mass is 10.2. The van der Waals surface area contributed by atoms with E-state index in [9.17, 15) is 14.4 Å². The second kappa shape index (κ2) is 8.83. The van der Waals surface area contributed by atoms with Crippen LogP contribution < -0.4 is 16.6 Å². The van der Waals surface area contributed by atoms with Crippen molar-refractivity contribution >= 4 is 39.9 Å². The third-order valence-corrected chi connectivity index (χ3v) is 5.85. The molecule has 10 heteroatoms. The van der Waals surface area contributed by atoms with E-state index in [2.05, 4.69) is 15.3 Å². The van der Waals surface area contributed by atoms with Gasteiger partial charge in [-0.05, 0) is 42.6 Å². The fraction of sp³-hybridized carbons (Fsp3) is 0.190. The maximum absolute atomic E-state index is 13.0. The van der Waals surface area contributed by atoms with E-state index in [1.165, 1.54) is 22.1 Å². The Kier molecular flexibility index (Phi) is 5.97. The Balaban J connectivity index is 1.71. The van der Waals surface area contributed by atoms with Crippen molar-refractivity contribution in [2.45, 2.75) is 26.6 Å². The molecular weight excluding hydrogens is 438 g/mol. The third kappa shape index (κ3) is 4.28. The molecule has 31 heavy (non-hydrogen) atoms. The molecule has 4 rings (SSSR count). The standard InChI is InChI=1S/C21H18ClN5O3S/c1-2-26-19-16(11-24-18(25-19)13-5-7-14(22)8-6-13)20(29)27(21(26)30)12-17(28)23-10-15-4-3-9-31-15/h3-9,11H,2,10,12H2,1H3,(H,23,28). The first-order valence-corrected chi connectivity index (χ1v) is 10.8. The Bertz CT molecular complexity index is 1360. The summed E-state index contributed by atoms with van der Waals surface area (Å²) in [5.74, 6) is -0.0510. The first-order chi connectivity index (χ1) is 15.0. The molecule has 0 aliphatic carbocycles. The fourth-order valence-corrected chi connectivity index (χ4v) is 3.93. The van der Waals surface area contributed by atoms with Crippen LogP contribution in [-0.4, -0.2) is 25.0 Å². The molecule has 1 amide bonds. The SMILES string of the molecule is CCn1c(=O)n(CC(=O)NCc2cccs2)c(=O)c2cnc(-c3ccc(Cl)cc3)nc21. The maximum atomic E-state index is 13.0. The molecule has 0 radical (unpaired) electrons. The predicted octanol–water partition coefficient (Wildman–Crippen LogP) is 2.67. The van der Waals surface area contributed by atoms with Crippen LogP contribution >= 0.6 is 22.9 Å². The molecule has 4 aromatic rings. The molecule has 0 saturated carbocycles. The minimum atomic E-state index is -0.598. The number of rotatable bonds is 6. The lowest BCUT2D eigenvalue weighted by molar-refractivity contribution is -0.121. The van der Waals surface area contributed by atoms with Gasteiger partial charge in [-0.1, -0.05) is 17.7 Å². The van der Waals surface area contributed by atoms with E-state index in [0.29, 0.717) is 23.0 Å². The Morgan fingerprint density at radius 1 is 1.16 bits per heavy atom. The molecular formula is C21H18ClN5O3S. The van der Waals surface area contributed by atoms with Gasteiger partial charge in [0, 0.05) is 28.2 Å². The quantitative estimate of drug-likeness (QED) is 0.482. The highest BCUT2D eigenvalue weighted by Crippen LogP contribution is 2.19. The monoisotopic (exact) mass is 455 g/mol. The van der Waals surface area contributed by atoms with E-state index in [-0.39, 0.29) is 24.1 Å². The van der Waals surface area contributed by atoms with Crippen molar-refractivity contribution < 1.29 is 4.79 Å². The highest BCUT2D eigenvalue weighted by molar-refractivity contribution is 7.09. The van der Waals surface area contributed by atoms with Crippen molar-refractivity contribution in [3.8, 4) is 11.4 Å². The minimum absolute atomic E-state index is 0.172. The average Bonchev–Trinajstić information content (AvgIpc) is 3.29. The summed E-state index contributed by atoms with van der Waals surface area (Å²) in [6.07, 6.45) is 1.39. The van der Waals surface area contributed by atoms with Crippen molar-refractivity contribution in [2.75, 3.05) is 0 Å². The molecule has 0 saturated heterocycles. The molecule has 0 aliphatic heterocycles. The van der Waals surface area contributed by atoms with E-state index < -0.39 is 17.2 Å². The molecule has 0 fully saturated rings. The second-order valence-electron chi connectivity index (χ2n) is 6.71. The molecule has 0 unspecified atom stereocenters. The zero-order valence-corrected chi connectivity index (χ0v) is 18.1.